The molecule has 1 fully saturated rings. The van der Waals surface area contributed by atoms with Gasteiger partial charge in [-0.05, 0) is 25.0 Å². The topological polar surface area (TPSA) is 82.3 Å². The minimum atomic E-state index is -3.70. The number of primary sulfonamides is 1. The molecule has 2 N–H and O–H groups in total. The van der Waals surface area contributed by atoms with Crippen LogP contribution < -0.4 is 9.88 Å². The Hall–Kier alpha value is -1.14. The summed E-state index contributed by atoms with van der Waals surface area (Å²) in [5.74, 6) is 0.583. The SMILES string of the molecule is NS(=O)(=O)c1ccc(OC2CC2)cn1. The molecule has 0 amide bonds. The van der Waals surface area contributed by atoms with E-state index in [2.05, 4.69) is 4.98 Å². The van der Waals surface area contributed by atoms with Crippen molar-refractivity contribution in [2.45, 2.75) is 24.0 Å². The molecule has 0 spiro atoms. The van der Waals surface area contributed by atoms with Gasteiger partial charge in [0.1, 0.15) is 5.75 Å². The first kappa shape index (κ1) is 9.42. The highest BCUT2D eigenvalue weighted by atomic mass is 32.2. The summed E-state index contributed by atoms with van der Waals surface area (Å²) in [6.07, 6.45) is 3.75. The lowest BCUT2D eigenvalue weighted by atomic mass is 10.5. The molecule has 0 aromatic carbocycles. The van der Waals surface area contributed by atoms with Gasteiger partial charge < -0.3 is 4.74 Å². The number of nitrogens with two attached hydrogens (primary N) is 1. The second-order valence-electron chi connectivity index (χ2n) is 3.19. The summed E-state index contributed by atoms with van der Waals surface area (Å²) in [7, 11) is -3.70. The van der Waals surface area contributed by atoms with Crippen molar-refractivity contribution in [2.24, 2.45) is 5.14 Å². The zero-order valence-electron chi connectivity index (χ0n) is 7.38. The number of hydrogen-bond acceptors (Lipinski definition) is 4. The van der Waals surface area contributed by atoms with Crippen LogP contribution in [0.3, 0.4) is 0 Å². The third kappa shape index (κ3) is 2.21. The normalized spacial score (nSPS) is 16.6. The number of sulfonamides is 1. The predicted octanol–water partition coefficient (Wildman–Crippen LogP) is 0.270. The highest BCUT2D eigenvalue weighted by Gasteiger charge is 2.23. The van der Waals surface area contributed by atoms with E-state index in [0.717, 1.165) is 12.8 Å². The molecule has 6 heteroatoms. The van der Waals surface area contributed by atoms with Crippen molar-refractivity contribution in [3.8, 4) is 5.75 Å². The second-order valence-corrected chi connectivity index (χ2v) is 4.70. The van der Waals surface area contributed by atoms with Crippen LogP contribution in [-0.2, 0) is 10.0 Å². The monoisotopic (exact) mass is 214 g/mol. The van der Waals surface area contributed by atoms with Crippen LogP contribution >= 0.6 is 0 Å². The van der Waals surface area contributed by atoms with Crippen LogP contribution in [0.5, 0.6) is 5.75 Å². The quantitative estimate of drug-likeness (QED) is 0.783. The van der Waals surface area contributed by atoms with Crippen molar-refractivity contribution in [3.63, 3.8) is 0 Å². The smallest absolute Gasteiger partial charge is 0.255 e. The molecule has 14 heavy (non-hydrogen) atoms. The largest absolute Gasteiger partial charge is 0.489 e. The molecular formula is C8H10N2O3S. The Morgan fingerprint density at radius 3 is 2.57 bits per heavy atom. The molecule has 1 aromatic rings. The van der Waals surface area contributed by atoms with Gasteiger partial charge >= 0.3 is 0 Å². The minimum Gasteiger partial charge on any atom is -0.489 e. The maximum atomic E-state index is 10.9. The van der Waals surface area contributed by atoms with Crippen LogP contribution in [0.15, 0.2) is 23.4 Å². The van der Waals surface area contributed by atoms with Crippen LogP contribution in [0.4, 0.5) is 0 Å². The number of rotatable bonds is 3. The van der Waals surface area contributed by atoms with E-state index in [9.17, 15) is 8.42 Å². The van der Waals surface area contributed by atoms with Crippen molar-refractivity contribution in [1.29, 1.82) is 0 Å². The summed E-state index contributed by atoms with van der Waals surface area (Å²) in [6, 6.07) is 2.90. The highest BCUT2D eigenvalue weighted by molar-refractivity contribution is 7.89. The molecule has 1 aliphatic rings. The molecule has 0 atom stereocenters. The fourth-order valence-corrected chi connectivity index (χ4v) is 1.44. The molecule has 0 unspecified atom stereocenters. The van der Waals surface area contributed by atoms with Gasteiger partial charge in [0.2, 0.25) is 0 Å². The Morgan fingerprint density at radius 1 is 1.43 bits per heavy atom. The van der Waals surface area contributed by atoms with Gasteiger partial charge in [0, 0.05) is 0 Å². The Morgan fingerprint density at radius 2 is 2.14 bits per heavy atom. The van der Waals surface area contributed by atoms with Gasteiger partial charge in [-0.15, -0.1) is 0 Å². The molecule has 1 aliphatic carbocycles. The minimum absolute atomic E-state index is 0.138. The van der Waals surface area contributed by atoms with Crippen LogP contribution in [0, 0.1) is 0 Å². The molecule has 5 nitrogen and oxygen atoms in total. The number of hydrogen-bond donors (Lipinski definition) is 1. The van der Waals surface area contributed by atoms with Gasteiger partial charge in [-0.1, -0.05) is 0 Å². The summed E-state index contributed by atoms with van der Waals surface area (Å²) >= 11 is 0. The highest BCUT2D eigenvalue weighted by Crippen LogP contribution is 2.26. The van der Waals surface area contributed by atoms with Gasteiger partial charge in [-0.25, -0.2) is 18.5 Å². The molecule has 2 rings (SSSR count). The first-order chi connectivity index (χ1) is 6.55. The van der Waals surface area contributed by atoms with E-state index in [0.29, 0.717) is 5.75 Å². The Bertz CT molecular complexity index is 422. The zero-order valence-corrected chi connectivity index (χ0v) is 8.20. The number of ether oxygens (including phenoxy) is 1. The molecule has 0 radical (unpaired) electrons. The fraction of sp³-hybridized carbons (Fsp3) is 0.375. The van der Waals surface area contributed by atoms with E-state index in [1.165, 1.54) is 12.3 Å². The number of pyridine rings is 1. The van der Waals surface area contributed by atoms with Crippen LogP contribution in [0.25, 0.3) is 0 Å². The van der Waals surface area contributed by atoms with Crippen molar-refractivity contribution in [3.05, 3.63) is 18.3 Å². The molecule has 0 bridgehead atoms. The van der Waals surface area contributed by atoms with Gasteiger partial charge in [0.05, 0.1) is 12.3 Å². The summed E-state index contributed by atoms with van der Waals surface area (Å²) in [5, 5.41) is 4.75. The Kier molecular flexibility index (Phi) is 2.16. The van der Waals surface area contributed by atoms with Crippen molar-refractivity contribution in [1.82, 2.24) is 4.98 Å². The van der Waals surface area contributed by atoms with Crippen LogP contribution in [-0.4, -0.2) is 19.5 Å². The first-order valence-corrected chi connectivity index (χ1v) is 5.76. The molecule has 76 valence electrons. The summed E-state index contributed by atoms with van der Waals surface area (Å²) < 4.78 is 27.1. The fourth-order valence-electron chi connectivity index (χ4n) is 0.983. The van der Waals surface area contributed by atoms with Gasteiger partial charge in [0.25, 0.3) is 10.0 Å². The maximum absolute atomic E-state index is 10.9. The van der Waals surface area contributed by atoms with E-state index in [4.69, 9.17) is 9.88 Å². The number of aromatic nitrogens is 1. The Labute approximate surface area is 82.0 Å². The van der Waals surface area contributed by atoms with E-state index in [1.54, 1.807) is 6.07 Å². The molecule has 1 aromatic heterocycles. The molecule has 0 aliphatic heterocycles. The average Bonchev–Trinajstić information content (AvgIpc) is 2.88. The van der Waals surface area contributed by atoms with E-state index in [-0.39, 0.29) is 11.1 Å². The van der Waals surface area contributed by atoms with Crippen molar-refractivity contribution >= 4 is 10.0 Å². The van der Waals surface area contributed by atoms with Crippen LogP contribution in [0.1, 0.15) is 12.8 Å². The van der Waals surface area contributed by atoms with Gasteiger partial charge in [0.15, 0.2) is 5.03 Å². The number of nitrogens with zero attached hydrogens (tertiary/aromatic N) is 1. The lowest BCUT2D eigenvalue weighted by molar-refractivity contribution is 0.301. The second kappa shape index (κ2) is 3.21. The molecule has 0 saturated heterocycles. The summed E-state index contributed by atoms with van der Waals surface area (Å²) in [4.78, 5) is 3.69. The molecule has 1 saturated carbocycles. The lowest BCUT2D eigenvalue weighted by Gasteiger charge is -2.03. The first-order valence-electron chi connectivity index (χ1n) is 4.21. The molecule has 1 heterocycles. The Balaban J connectivity index is 2.16. The third-order valence-electron chi connectivity index (χ3n) is 1.83. The zero-order chi connectivity index (χ0) is 10.2. The predicted molar refractivity (Wildman–Crippen MR) is 49.3 cm³/mol. The average molecular weight is 214 g/mol. The molecular weight excluding hydrogens is 204 g/mol. The summed E-state index contributed by atoms with van der Waals surface area (Å²) in [6.45, 7) is 0. The van der Waals surface area contributed by atoms with E-state index >= 15 is 0 Å². The van der Waals surface area contributed by atoms with Crippen molar-refractivity contribution < 1.29 is 13.2 Å². The van der Waals surface area contributed by atoms with E-state index in [1.807, 2.05) is 0 Å². The van der Waals surface area contributed by atoms with Gasteiger partial charge in [-0.3, -0.25) is 0 Å². The third-order valence-corrected chi connectivity index (χ3v) is 2.65. The maximum Gasteiger partial charge on any atom is 0.255 e. The van der Waals surface area contributed by atoms with E-state index < -0.39 is 10.0 Å². The summed E-state index contributed by atoms with van der Waals surface area (Å²) in [5.41, 5.74) is 0. The van der Waals surface area contributed by atoms with Gasteiger partial charge in [-0.2, -0.15) is 0 Å². The standard InChI is InChI=1S/C8H10N2O3S/c9-14(11,12)8-4-3-7(5-10-8)13-6-1-2-6/h3-6H,1-2H2,(H2,9,11,12). The van der Waals surface area contributed by atoms with Crippen molar-refractivity contribution in [2.75, 3.05) is 0 Å². The lowest BCUT2D eigenvalue weighted by Crippen LogP contribution is -2.13. The van der Waals surface area contributed by atoms with Crippen LogP contribution in [0.2, 0.25) is 0 Å².